The predicted molar refractivity (Wildman–Crippen MR) is 53.7 cm³/mol. The molecule has 17 heavy (non-hydrogen) atoms. The highest BCUT2D eigenvalue weighted by Crippen LogP contribution is 2.31. The number of ether oxygens (including phenoxy) is 2. The fraction of sp³-hybridized carbons (Fsp3) is 1.00. The normalized spacial score (nSPS) is 36.3. The smallest absolute Gasteiger partial charge is 0.169 e. The van der Waals surface area contributed by atoms with Crippen LogP contribution in [0.2, 0.25) is 0 Å². The van der Waals surface area contributed by atoms with Crippen LogP contribution >= 0.6 is 0 Å². The van der Waals surface area contributed by atoms with Crippen molar-refractivity contribution in [3.8, 4) is 0 Å². The molecule has 1 rings (SSSR count). The molecule has 0 aromatic heterocycles. The maximum atomic E-state index is 9.77. The van der Waals surface area contributed by atoms with Crippen LogP contribution in [0.1, 0.15) is 0 Å². The Morgan fingerprint density at radius 1 is 1.41 bits per heavy atom. The molecule has 1 saturated heterocycles. The molecular weight excluding hydrogens is 234 g/mol. The SMILES string of the molecule is CO[C@@H]1OC(CO)(CO)[C@H](O)[C@H](O)[C@H]1N=[N+]=[N-]. The van der Waals surface area contributed by atoms with Gasteiger partial charge >= 0.3 is 0 Å². The summed E-state index contributed by atoms with van der Waals surface area (Å²) in [5.74, 6) is 0. The summed E-state index contributed by atoms with van der Waals surface area (Å²) >= 11 is 0. The molecule has 98 valence electrons. The Bertz CT molecular complexity index is 302. The van der Waals surface area contributed by atoms with Crippen LogP contribution < -0.4 is 0 Å². The molecular formula is C8H15N3O6. The quantitative estimate of drug-likeness (QED) is 0.260. The highest BCUT2D eigenvalue weighted by atomic mass is 16.7. The highest BCUT2D eigenvalue weighted by Gasteiger charge is 2.53. The van der Waals surface area contributed by atoms with E-state index in [0.29, 0.717) is 0 Å². The monoisotopic (exact) mass is 249 g/mol. The van der Waals surface area contributed by atoms with Crippen LogP contribution in [0.25, 0.3) is 10.4 Å². The van der Waals surface area contributed by atoms with Crippen LogP contribution in [0.15, 0.2) is 5.11 Å². The molecule has 0 radical (unpaired) electrons. The molecule has 9 heteroatoms. The topological polar surface area (TPSA) is 148 Å². The molecule has 0 aliphatic carbocycles. The van der Waals surface area contributed by atoms with E-state index in [2.05, 4.69) is 10.0 Å². The summed E-state index contributed by atoms with van der Waals surface area (Å²) in [7, 11) is 1.24. The number of aliphatic hydroxyl groups is 4. The maximum absolute atomic E-state index is 9.77. The van der Waals surface area contributed by atoms with Crippen molar-refractivity contribution >= 4 is 0 Å². The van der Waals surface area contributed by atoms with Gasteiger partial charge in [-0.15, -0.1) is 0 Å². The van der Waals surface area contributed by atoms with Crippen LogP contribution in [-0.2, 0) is 9.47 Å². The first-order chi connectivity index (χ1) is 8.06. The lowest BCUT2D eigenvalue weighted by molar-refractivity contribution is -0.311. The zero-order valence-corrected chi connectivity index (χ0v) is 9.17. The van der Waals surface area contributed by atoms with Crippen molar-refractivity contribution in [1.29, 1.82) is 0 Å². The summed E-state index contributed by atoms with van der Waals surface area (Å²) in [6.45, 7) is -1.44. The van der Waals surface area contributed by atoms with Crippen LogP contribution in [-0.4, -0.2) is 70.9 Å². The van der Waals surface area contributed by atoms with Gasteiger partial charge in [0.25, 0.3) is 0 Å². The Hall–Kier alpha value is -0.930. The second-order valence-corrected chi connectivity index (χ2v) is 3.73. The maximum Gasteiger partial charge on any atom is 0.169 e. The van der Waals surface area contributed by atoms with E-state index in [-0.39, 0.29) is 0 Å². The van der Waals surface area contributed by atoms with E-state index in [9.17, 15) is 10.2 Å². The number of methoxy groups -OCH3 is 1. The van der Waals surface area contributed by atoms with Gasteiger partial charge in [0.1, 0.15) is 17.7 Å². The van der Waals surface area contributed by atoms with Crippen molar-refractivity contribution < 1.29 is 29.9 Å². The second kappa shape index (κ2) is 5.61. The Labute approximate surface area is 96.8 Å². The third-order valence-corrected chi connectivity index (χ3v) is 2.79. The van der Waals surface area contributed by atoms with Gasteiger partial charge in [0.15, 0.2) is 6.29 Å². The van der Waals surface area contributed by atoms with Crippen LogP contribution in [0.4, 0.5) is 0 Å². The van der Waals surface area contributed by atoms with Crippen molar-refractivity contribution in [2.75, 3.05) is 20.3 Å². The molecule has 0 aromatic rings. The van der Waals surface area contributed by atoms with Crippen molar-refractivity contribution in [3.63, 3.8) is 0 Å². The standard InChI is InChI=1S/C8H15N3O6/c1-16-7-4(10-11-9)5(14)6(15)8(2-12,3-13)17-7/h4-7,12-15H,2-3H2,1H3/t4-,5-,6-,7-/m1/s1. The first kappa shape index (κ1) is 14.1. The number of nitrogens with zero attached hydrogens (tertiary/aromatic N) is 3. The molecule has 9 nitrogen and oxygen atoms in total. The van der Waals surface area contributed by atoms with Crippen LogP contribution in [0.3, 0.4) is 0 Å². The molecule has 1 aliphatic heterocycles. The predicted octanol–water partition coefficient (Wildman–Crippen LogP) is -1.89. The van der Waals surface area contributed by atoms with Gasteiger partial charge in [-0.05, 0) is 5.53 Å². The average Bonchev–Trinajstić information content (AvgIpc) is 2.36. The Kier molecular flexibility index (Phi) is 4.66. The molecule has 4 N–H and O–H groups in total. The van der Waals surface area contributed by atoms with E-state index in [4.69, 9.17) is 25.2 Å². The minimum absolute atomic E-state index is 0.718. The summed E-state index contributed by atoms with van der Waals surface area (Å²) < 4.78 is 10.0. The van der Waals surface area contributed by atoms with Gasteiger partial charge < -0.3 is 29.9 Å². The van der Waals surface area contributed by atoms with Crippen molar-refractivity contribution in [1.82, 2.24) is 0 Å². The lowest BCUT2D eigenvalue weighted by Gasteiger charge is -2.46. The van der Waals surface area contributed by atoms with Gasteiger partial charge in [0, 0.05) is 12.0 Å². The first-order valence-electron chi connectivity index (χ1n) is 4.89. The largest absolute Gasteiger partial charge is 0.393 e. The van der Waals surface area contributed by atoms with Gasteiger partial charge in [-0.2, -0.15) is 0 Å². The van der Waals surface area contributed by atoms with Crippen LogP contribution in [0, 0.1) is 0 Å². The Morgan fingerprint density at radius 3 is 2.41 bits per heavy atom. The summed E-state index contributed by atoms with van der Waals surface area (Å²) in [6, 6.07) is -1.16. The van der Waals surface area contributed by atoms with E-state index >= 15 is 0 Å². The minimum atomic E-state index is -1.75. The van der Waals surface area contributed by atoms with Crippen molar-refractivity contribution in [2.45, 2.75) is 30.1 Å². The molecule has 1 aliphatic rings. The van der Waals surface area contributed by atoms with Gasteiger partial charge in [0.2, 0.25) is 0 Å². The molecule has 0 saturated carbocycles. The lowest BCUT2D eigenvalue weighted by Crippen LogP contribution is -2.67. The third kappa shape index (κ3) is 2.35. The van der Waals surface area contributed by atoms with Crippen LogP contribution in [0.5, 0.6) is 0 Å². The van der Waals surface area contributed by atoms with Gasteiger partial charge in [-0.3, -0.25) is 0 Å². The summed E-state index contributed by atoms with van der Waals surface area (Å²) in [5, 5.41) is 41.1. The number of rotatable bonds is 4. The summed E-state index contributed by atoms with van der Waals surface area (Å²) in [5.41, 5.74) is 6.59. The molecule has 0 unspecified atom stereocenters. The van der Waals surface area contributed by atoms with E-state index in [1.807, 2.05) is 0 Å². The molecule has 1 heterocycles. The van der Waals surface area contributed by atoms with E-state index in [1.54, 1.807) is 0 Å². The fourth-order valence-electron chi connectivity index (χ4n) is 1.71. The third-order valence-electron chi connectivity index (χ3n) is 2.79. The molecule has 0 bridgehead atoms. The van der Waals surface area contributed by atoms with Gasteiger partial charge in [0.05, 0.1) is 19.3 Å². The van der Waals surface area contributed by atoms with E-state index in [0.717, 1.165) is 0 Å². The number of aliphatic hydroxyl groups excluding tert-OH is 4. The van der Waals surface area contributed by atoms with Crippen molar-refractivity contribution in [3.05, 3.63) is 10.4 Å². The fourth-order valence-corrected chi connectivity index (χ4v) is 1.71. The molecule has 0 spiro atoms. The van der Waals surface area contributed by atoms with E-state index in [1.165, 1.54) is 7.11 Å². The molecule has 0 amide bonds. The number of hydrogen-bond acceptors (Lipinski definition) is 7. The van der Waals surface area contributed by atoms with Gasteiger partial charge in [-0.1, -0.05) is 5.11 Å². The number of azide groups is 1. The minimum Gasteiger partial charge on any atom is -0.393 e. The first-order valence-corrected chi connectivity index (χ1v) is 4.89. The van der Waals surface area contributed by atoms with Gasteiger partial charge in [-0.25, -0.2) is 0 Å². The summed E-state index contributed by atoms with van der Waals surface area (Å²) in [6.07, 6.45) is -4.27. The highest BCUT2D eigenvalue weighted by molar-refractivity contribution is 5.02. The Balaban J connectivity index is 3.04. The summed E-state index contributed by atoms with van der Waals surface area (Å²) in [4.78, 5) is 2.51. The average molecular weight is 249 g/mol. The molecule has 1 fully saturated rings. The number of hydrogen-bond donors (Lipinski definition) is 4. The second-order valence-electron chi connectivity index (χ2n) is 3.73. The van der Waals surface area contributed by atoms with Crippen molar-refractivity contribution in [2.24, 2.45) is 5.11 Å². The molecule has 0 aromatic carbocycles. The van der Waals surface area contributed by atoms with E-state index < -0.39 is 43.4 Å². The Morgan fingerprint density at radius 2 is 2.00 bits per heavy atom. The lowest BCUT2D eigenvalue weighted by atomic mass is 9.87. The zero-order valence-electron chi connectivity index (χ0n) is 9.17. The zero-order chi connectivity index (χ0) is 13.1. The molecule has 4 atom stereocenters.